The monoisotopic (exact) mass is 203 g/mol. The van der Waals surface area contributed by atoms with Crippen LogP contribution in [0.2, 0.25) is 0 Å². The molecule has 0 atom stereocenters. The van der Waals surface area contributed by atoms with Gasteiger partial charge in [0.05, 0.1) is 17.9 Å². The zero-order chi connectivity index (χ0) is 9.83. The maximum atomic E-state index is 11.5. The van der Waals surface area contributed by atoms with E-state index in [4.69, 9.17) is 0 Å². The van der Waals surface area contributed by atoms with Crippen molar-refractivity contribution in [2.75, 3.05) is 11.5 Å². The Bertz CT molecular complexity index is 217. The predicted molar refractivity (Wildman–Crippen MR) is 39.3 cm³/mol. The molecule has 0 saturated carbocycles. The Kier molecular flexibility index (Phi) is 4.02. The summed E-state index contributed by atoms with van der Waals surface area (Å²) in [5.74, 6) is -1.10. The molecule has 0 aliphatic carbocycles. The van der Waals surface area contributed by atoms with Crippen LogP contribution in [0.25, 0.3) is 0 Å². The zero-order valence-electron chi connectivity index (χ0n) is 6.39. The van der Waals surface area contributed by atoms with Crippen LogP contribution in [0.3, 0.4) is 0 Å². The second-order valence-electron chi connectivity index (χ2n) is 2.37. The Morgan fingerprint density at radius 2 is 1.67 bits per heavy atom. The highest BCUT2D eigenvalue weighted by Gasteiger charge is 2.29. The fourth-order valence-corrected chi connectivity index (χ4v) is 1.78. The highest BCUT2D eigenvalue weighted by molar-refractivity contribution is 7.91. The minimum atomic E-state index is -4.39. The molecule has 0 fully saturated rings. The third-order valence-corrected chi connectivity index (χ3v) is 2.89. The molecule has 0 N–H and O–H groups in total. The van der Waals surface area contributed by atoms with Crippen LogP contribution in [-0.2, 0) is 9.84 Å². The normalized spacial score (nSPS) is 13.3. The van der Waals surface area contributed by atoms with Crippen LogP contribution in [0.1, 0.15) is 12.8 Å². The van der Waals surface area contributed by atoms with Gasteiger partial charge in [0, 0.05) is 0 Å². The van der Waals surface area contributed by atoms with Crippen LogP contribution in [0.5, 0.6) is 0 Å². The van der Waals surface area contributed by atoms with Crippen molar-refractivity contribution in [3.05, 3.63) is 6.92 Å². The summed E-state index contributed by atoms with van der Waals surface area (Å²) in [6.07, 6.45) is -5.55. The Labute approximate surface area is 69.7 Å². The van der Waals surface area contributed by atoms with Crippen molar-refractivity contribution >= 4 is 9.84 Å². The molecule has 0 spiro atoms. The van der Waals surface area contributed by atoms with E-state index in [1.807, 2.05) is 0 Å². The average molecular weight is 203 g/mol. The van der Waals surface area contributed by atoms with E-state index in [-0.39, 0.29) is 12.2 Å². The summed E-state index contributed by atoms with van der Waals surface area (Å²) in [5, 5.41) is 0. The molecule has 0 heterocycles. The highest BCUT2D eigenvalue weighted by Crippen LogP contribution is 2.20. The van der Waals surface area contributed by atoms with Crippen molar-refractivity contribution in [3.63, 3.8) is 0 Å². The lowest BCUT2D eigenvalue weighted by atomic mass is 10.5. The van der Waals surface area contributed by atoms with Gasteiger partial charge in [-0.3, -0.25) is 0 Å². The van der Waals surface area contributed by atoms with Crippen LogP contribution in [-0.4, -0.2) is 26.1 Å². The molecule has 0 aromatic rings. The van der Waals surface area contributed by atoms with Crippen LogP contribution in [0.15, 0.2) is 0 Å². The molecular weight excluding hydrogens is 193 g/mol. The van der Waals surface area contributed by atoms with Crippen LogP contribution >= 0.6 is 0 Å². The van der Waals surface area contributed by atoms with Gasteiger partial charge in [-0.2, -0.15) is 13.2 Å². The standard InChI is InChI=1S/C6H10F3O2S/c1-2-4-12(10,11)5-3-6(7,8)9/h1-5H2. The molecule has 0 aliphatic rings. The van der Waals surface area contributed by atoms with Gasteiger partial charge in [0.25, 0.3) is 0 Å². The van der Waals surface area contributed by atoms with Gasteiger partial charge in [0.1, 0.15) is 0 Å². The fraction of sp³-hybridized carbons (Fsp3) is 0.833. The van der Waals surface area contributed by atoms with E-state index in [0.717, 1.165) is 0 Å². The number of hydrogen-bond donors (Lipinski definition) is 0. The van der Waals surface area contributed by atoms with Crippen molar-refractivity contribution in [3.8, 4) is 0 Å². The van der Waals surface area contributed by atoms with Crippen molar-refractivity contribution in [1.29, 1.82) is 0 Å². The fourth-order valence-electron chi connectivity index (χ4n) is 0.593. The van der Waals surface area contributed by atoms with E-state index in [0.29, 0.717) is 0 Å². The summed E-state index contributed by atoms with van der Waals surface area (Å²) >= 11 is 0. The Morgan fingerprint density at radius 1 is 1.17 bits per heavy atom. The predicted octanol–water partition coefficient (Wildman–Crippen LogP) is 1.58. The van der Waals surface area contributed by atoms with E-state index >= 15 is 0 Å². The summed E-state index contributed by atoms with van der Waals surface area (Å²) < 4.78 is 56.1. The molecule has 0 unspecified atom stereocenters. The van der Waals surface area contributed by atoms with Crippen LogP contribution < -0.4 is 0 Å². The highest BCUT2D eigenvalue weighted by atomic mass is 32.2. The van der Waals surface area contributed by atoms with Gasteiger partial charge < -0.3 is 0 Å². The van der Waals surface area contributed by atoms with Gasteiger partial charge in [-0.1, -0.05) is 6.92 Å². The number of rotatable bonds is 4. The van der Waals surface area contributed by atoms with E-state index in [2.05, 4.69) is 6.92 Å². The van der Waals surface area contributed by atoms with Gasteiger partial charge in [0.15, 0.2) is 9.84 Å². The molecule has 0 amide bonds. The van der Waals surface area contributed by atoms with Crippen molar-refractivity contribution in [1.82, 2.24) is 0 Å². The summed E-state index contributed by atoms with van der Waals surface area (Å²) in [6.45, 7) is 3.25. The molecular formula is C6H10F3O2S. The molecule has 0 bridgehead atoms. The van der Waals surface area contributed by atoms with Crippen molar-refractivity contribution < 1.29 is 21.6 Å². The smallest absolute Gasteiger partial charge is 0.229 e. The minimum absolute atomic E-state index is 0.111. The van der Waals surface area contributed by atoms with Gasteiger partial charge in [-0.05, 0) is 6.42 Å². The first-order chi connectivity index (χ1) is 5.27. The second kappa shape index (κ2) is 4.11. The van der Waals surface area contributed by atoms with Gasteiger partial charge >= 0.3 is 6.18 Å². The molecule has 73 valence electrons. The topological polar surface area (TPSA) is 34.1 Å². The average Bonchev–Trinajstić information content (AvgIpc) is 1.83. The zero-order valence-corrected chi connectivity index (χ0v) is 7.21. The van der Waals surface area contributed by atoms with Crippen molar-refractivity contribution in [2.24, 2.45) is 0 Å². The number of halogens is 3. The third-order valence-electron chi connectivity index (χ3n) is 1.15. The van der Waals surface area contributed by atoms with Gasteiger partial charge in [0.2, 0.25) is 0 Å². The van der Waals surface area contributed by atoms with Crippen molar-refractivity contribution in [2.45, 2.75) is 19.0 Å². The van der Waals surface area contributed by atoms with Crippen LogP contribution in [0.4, 0.5) is 13.2 Å². The molecule has 1 radical (unpaired) electrons. The molecule has 12 heavy (non-hydrogen) atoms. The Balaban J connectivity index is 3.94. The summed E-state index contributed by atoms with van der Waals surface area (Å²) in [4.78, 5) is 0. The number of sulfone groups is 1. The third kappa shape index (κ3) is 6.45. The molecule has 0 aromatic carbocycles. The van der Waals surface area contributed by atoms with E-state index < -0.39 is 28.2 Å². The summed E-state index contributed by atoms with van der Waals surface area (Å²) in [5.41, 5.74) is 0. The lowest BCUT2D eigenvalue weighted by Crippen LogP contribution is -2.18. The largest absolute Gasteiger partial charge is 0.390 e. The maximum absolute atomic E-state index is 11.5. The first-order valence-electron chi connectivity index (χ1n) is 3.33. The van der Waals surface area contributed by atoms with E-state index in [1.54, 1.807) is 0 Å². The molecule has 0 aromatic heterocycles. The molecule has 2 nitrogen and oxygen atoms in total. The summed E-state index contributed by atoms with van der Waals surface area (Å²) in [7, 11) is -3.55. The Morgan fingerprint density at radius 3 is 2.00 bits per heavy atom. The molecule has 0 saturated heterocycles. The number of alkyl halides is 3. The van der Waals surface area contributed by atoms with E-state index in [9.17, 15) is 21.6 Å². The lowest BCUT2D eigenvalue weighted by molar-refractivity contribution is -0.129. The SMILES string of the molecule is [CH2]CCS(=O)(=O)CCC(F)(F)F. The lowest BCUT2D eigenvalue weighted by Gasteiger charge is -2.05. The van der Waals surface area contributed by atoms with E-state index in [1.165, 1.54) is 0 Å². The molecule has 0 rings (SSSR count). The van der Waals surface area contributed by atoms with Crippen LogP contribution in [0, 0.1) is 6.92 Å². The Hall–Kier alpha value is -0.260. The molecule has 6 heteroatoms. The first-order valence-corrected chi connectivity index (χ1v) is 5.15. The number of hydrogen-bond acceptors (Lipinski definition) is 2. The van der Waals surface area contributed by atoms with Gasteiger partial charge in [-0.15, -0.1) is 0 Å². The maximum Gasteiger partial charge on any atom is 0.390 e. The first kappa shape index (κ1) is 11.7. The minimum Gasteiger partial charge on any atom is -0.229 e. The van der Waals surface area contributed by atoms with Gasteiger partial charge in [-0.25, -0.2) is 8.42 Å². The molecule has 0 aliphatic heterocycles. The summed E-state index contributed by atoms with van der Waals surface area (Å²) in [6, 6.07) is 0. The quantitative estimate of drug-likeness (QED) is 0.695. The second-order valence-corrected chi connectivity index (χ2v) is 4.67.